The molecule has 0 saturated heterocycles. The summed E-state index contributed by atoms with van der Waals surface area (Å²) in [4.78, 5) is 10.7. The van der Waals surface area contributed by atoms with Crippen LogP contribution in [0.25, 0.3) is 0 Å². The van der Waals surface area contributed by atoms with Crippen molar-refractivity contribution in [3.05, 3.63) is 35.9 Å². The molecule has 3 heteroatoms. The lowest BCUT2D eigenvalue weighted by Gasteiger charge is -2.10. The Morgan fingerprint density at radius 3 is 2.54 bits per heavy atom. The standard InChI is InChI=1S/C10H9O2S/c1-8(11)12-10(7-13)9-5-3-2-4-6-9/h2-6,10H,1H3. The van der Waals surface area contributed by atoms with Crippen molar-refractivity contribution < 1.29 is 9.53 Å². The van der Waals surface area contributed by atoms with Gasteiger partial charge in [0.25, 0.3) is 0 Å². The van der Waals surface area contributed by atoms with Crippen molar-refractivity contribution in [2.24, 2.45) is 0 Å². The summed E-state index contributed by atoms with van der Waals surface area (Å²) in [7, 11) is 0. The molecule has 0 aliphatic heterocycles. The molecule has 0 aromatic heterocycles. The summed E-state index contributed by atoms with van der Waals surface area (Å²) in [6.07, 6.45) is -0.534. The highest BCUT2D eigenvalue weighted by Crippen LogP contribution is 2.14. The summed E-state index contributed by atoms with van der Waals surface area (Å²) in [5.74, 6) is -0.355. The van der Waals surface area contributed by atoms with Gasteiger partial charge in [-0.15, -0.1) is 0 Å². The van der Waals surface area contributed by atoms with Crippen LogP contribution < -0.4 is 0 Å². The summed E-state index contributed by atoms with van der Waals surface area (Å²) in [6, 6.07) is 9.29. The van der Waals surface area contributed by atoms with Crippen LogP contribution in [0.15, 0.2) is 30.3 Å². The Balaban J connectivity index is 2.78. The minimum Gasteiger partial charge on any atom is -0.452 e. The Morgan fingerprint density at radius 2 is 2.08 bits per heavy atom. The molecule has 2 nitrogen and oxygen atoms in total. The number of rotatable bonds is 3. The predicted molar refractivity (Wildman–Crippen MR) is 53.5 cm³/mol. The first-order valence-electron chi connectivity index (χ1n) is 3.84. The third-order valence-electron chi connectivity index (χ3n) is 1.49. The molecule has 1 aromatic rings. The quantitative estimate of drug-likeness (QED) is 0.543. The third-order valence-corrected chi connectivity index (χ3v) is 1.71. The van der Waals surface area contributed by atoms with Gasteiger partial charge in [0.05, 0.1) is 5.37 Å². The minimum atomic E-state index is -0.534. The highest BCUT2D eigenvalue weighted by atomic mass is 32.1. The van der Waals surface area contributed by atoms with Gasteiger partial charge in [-0.3, -0.25) is 4.79 Å². The maximum Gasteiger partial charge on any atom is 0.303 e. The number of ether oxygens (including phenoxy) is 1. The molecule has 0 saturated carbocycles. The predicted octanol–water partition coefficient (Wildman–Crippen LogP) is 2.17. The summed E-state index contributed by atoms with van der Waals surface area (Å²) in [5.41, 5.74) is 0.840. The first kappa shape index (κ1) is 9.86. The molecular formula is C10H9O2S. The first-order valence-corrected chi connectivity index (χ1v) is 4.24. The van der Waals surface area contributed by atoms with Crippen LogP contribution in [0.4, 0.5) is 0 Å². The van der Waals surface area contributed by atoms with Crippen molar-refractivity contribution in [3.63, 3.8) is 0 Å². The van der Waals surface area contributed by atoms with Crippen LogP contribution in [0.1, 0.15) is 18.6 Å². The van der Waals surface area contributed by atoms with Crippen molar-refractivity contribution in [3.8, 4) is 0 Å². The minimum absolute atomic E-state index is 0.355. The number of hydrogen-bond donors (Lipinski definition) is 0. The number of benzene rings is 1. The molecule has 0 fully saturated rings. The van der Waals surface area contributed by atoms with E-state index >= 15 is 0 Å². The SMILES string of the molecule is CC(=O)OC([C]=S)c1ccccc1. The van der Waals surface area contributed by atoms with Gasteiger partial charge in [-0.25, -0.2) is 0 Å². The van der Waals surface area contributed by atoms with E-state index < -0.39 is 6.10 Å². The average molecular weight is 193 g/mol. The molecule has 0 bridgehead atoms. The van der Waals surface area contributed by atoms with E-state index in [1.54, 1.807) is 0 Å². The van der Waals surface area contributed by atoms with Crippen LogP contribution in [0, 0.1) is 0 Å². The highest BCUT2D eigenvalue weighted by Gasteiger charge is 2.10. The Labute approximate surface area is 82.5 Å². The van der Waals surface area contributed by atoms with E-state index in [1.807, 2.05) is 30.3 Å². The van der Waals surface area contributed by atoms with Gasteiger partial charge in [-0.1, -0.05) is 42.5 Å². The molecule has 0 N–H and O–H groups in total. The Kier molecular flexibility index (Phi) is 3.58. The Bertz CT molecular complexity index is 295. The molecule has 0 aliphatic carbocycles. The van der Waals surface area contributed by atoms with Gasteiger partial charge >= 0.3 is 5.97 Å². The molecule has 13 heavy (non-hydrogen) atoms. The fourth-order valence-electron chi connectivity index (χ4n) is 0.954. The van der Waals surface area contributed by atoms with Crippen LogP contribution >= 0.6 is 12.2 Å². The normalized spacial score (nSPS) is 11.8. The molecule has 0 amide bonds. The van der Waals surface area contributed by atoms with Gasteiger partial charge in [-0.05, 0) is 5.56 Å². The maximum absolute atomic E-state index is 10.7. The zero-order valence-electron chi connectivity index (χ0n) is 7.19. The van der Waals surface area contributed by atoms with Gasteiger partial charge < -0.3 is 4.74 Å². The van der Waals surface area contributed by atoms with Crippen molar-refractivity contribution in [1.29, 1.82) is 0 Å². The van der Waals surface area contributed by atoms with Crippen LogP contribution in [-0.4, -0.2) is 11.3 Å². The number of hydrogen-bond acceptors (Lipinski definition) is 3. The second-order valence-electron chi connectivity index (χ2n) is 2.52. The first-order chi connectivity index (χ1) is 6.24. The highest BCUT2D eigenvalue weighted by molar-refractivity contribution is 7.79. The molecule has 1 aromatic carbocycles. The fourth-order valence-corrected chi connectivity index (χ4v) is 1.14. The van der Waals surface area contributed by atoms with E-state index in [1.165, 1.54) is 6.92 Å². The van der Waals surface area contributed by atoms with Crippen molar-refractivity contribution in [2.75, 3.05) is 0 Å². The molecule has 0 spiro atoms. The average Bonchev–Trinajstić information content (AvgIpc) is 2.15. The second kappa shape index (κ2) is 4.72. The molecule has 1 rings (SSSR count). The van der Waals surface area contributed by atoms with Crippen molar-refractivity contribution >= 4 is 23.6 Å². The van der Waals surface area contributed by atoms with E-state index in [0.29, 0.717) is 0 Å². The molecular weight excluding hydrogens is 184 g/mol. The topological polar surface area (TPSA) is 26.3 Å². The molecule has 0 aliphatic rings. The molecule has 1 atom stereocenters. The monoisotopic (exact) mass is 193 g/mol. The summed E-state index contributed by atoms with van der Waals surface area (Å²) in [5, 5.41) is 2.49. The van der Waals surface area contributed by atoms with Crippen LogP contribution in [-0.2, 0) is 9.53 Å². The van der Waals surface area contributed by atoms with E-state index in [2.05, 4.69) is 17.6 Å². The van der Waals surface area contributed by atoms with Gasteiger partial charge in [0.2, 0.25) is 0 Å². The zero-order chi connectivity index (χ0) is 9.68. The third kappa shape index (κ3) is 2.95. The fraction of sp³-hybridized carbons (Fsp3) is 0.200. The Hall–Kier alpha value is -1.22. The van der Waals surface area contributed by atoms with Gasteiger partial charge in [0.15, 0.2) is 6.10 Å². The van der Waals surface area contributed by atoms with Crippen LogP contribution in [0.3, 0.4) is 0 Å². The zero-order valence-corrected chi connectivity index (χ0v) is 8.01. The molecule has 1 unspecified atom stereocenters. The van der Waals surface area contributed by atoms with Gasteiger partial charge in [-0.2, -0.15) is 0 Å². The number of thiocarbonyl (C=S) groups is 1. The lowest BCUT2D eigenvalue weighted by molar-refractivity contribution is -0.143. The van der Waals surface area contributed by atoms with Crippen molar-refractivity contribution in [1.82, 2.24) is 0 Å². The van der Waals surface area contributed by atoms with E-state index in [9.17, 15) is 4.79 Å². The van der Waals surface area contributed by atoms with E-state index in [4.69, 9.17) is 4.74 Å². The molecule has 67 valence electrons. The number of esters is 1. The summed E-state index contributed by atoms with van der Waals surface area (Å²) >= 11 is 4.65. The van der Waals surface area contributed by atoms with Crippen molar-refractivity contribution in [2.45, 2.75) is 13.0 Å². The van der Waals surface area contributed by atoms with Crippen LogP contribution in [0.5, 0.6) is 0 Å². The summed E-state index contributed by atoms with van der Waals surface area (Å²) < 4.78 is 4.93. The van der Waals surface area contributed by atoms with Gasteiger partial charge in [0.1, 0.15) is 0 Å². The number of carbonyl (C=O) groups excluding carboxylic acids is 1. The second-order valence-corrected chi connectivity index (χ2v) is 2.75. The van der Waals surface area contributed by atoms with Gasteiger partial charge in [0, 0.05) is 6.92 Å². The molecule has 1 radical (unpaired) electrons. The maximum atomic E-state index is 10.7. The molecule has 0 heterocycles. The largest absolute Gasteiger partial charge is 0.452 e. The summed E-state index contributed by atoms with van der Waals surface area (Å²) in [6.45, 7) is 1.35. The van der Waals surface area contributed by atoms with Crippen LogP contribution in [0.2, 0.25) is 0 Å². The lowest BCUT2D eigenvalue weighted by atomic mass is 10.1. The van der Waals surface area contributed by atoms with E-state index in [-0.39, 0.29) is 5.97 Å². The smallest absolute Gasteiger partial charge is 0.303 e. The Morgan fingerprint density at radius 1 is 1.46 bits per heavy atom. The number of carbonyl (C=O) groups is 1. The lowest BCUT2D eigenvalue weighted by Crippen LogP contribution is -2.08. The van der Waals surface area contributed by atoms with E-state index in [0.717, 1.165) is 5.56 Å².